The second-order valence-electron chi connectivity index (χ2n) is 6.08. The van der Waals surface area contributed by atoms with Crippen molar-refractivity contribution in [2.45, 2.75) is 58.5 Å². The number of pyridine rings is 1. The maximum Gasteiger partial charge on any atom is 0.137 e. The zero-order valence-corrected chi connectivity index (χ0v) is 13.1. The van der Waals surface area contributed by atoms with Crippen LogP contribution in [0.25, 0.3) is 0 Å². The van der Waals surface area contributed by atoms with Crippen LogP contribution in [0.15, 0.2) is 31.0 Å². The lowest BCUT2D eigenvalue weighted by atomic mass is 10.1. The molecule has 1 heterocycles. The van der Waals surface area contributed by atoms with Crippen LogP contribution in [0, 0.1) is 0 Å². The summed E-state index contributed by atoms with van der Waals surface area (Å²) >= 11 is 0. The van der Waals surface area contributed by atoms with Crippen molar-refractivity contribution >= 4 is 0 Å². The van der Waals surface area contributed by atoms with E-state index < -0.39 is 0 Å². The van der Waals surface area contributed by atoms with Gasteiger partial charge in [-0.2, -0.15) is 0 Å². The van der Waals surface area contributed by atoms with Crippen LogP contribution in [0.1, 0.15) is 52.1 Å². The molecule has 0 aromatic carbocycles. The molecule has 1 rings (SSSR count). The quantitative estimate of drug-likeness (QED) is 0.545. The van der Waals surface area contributed by atoms with Gasteiger partial charge in [0.1, 0.15) is 5.75 Å². The van der Waals surface area contributed by atoms with Crippen LogP contribution in [0.2, 0.25) is 0 Å². The Kier molecular flexibility index (Phi) is 7.31. The first kappa shape index (κ1) is 16.7. The molecule has 0 aliphatic carbocycles. The van der Waals surface area contributed by atoms with E-state index in [1.165, 1.54) is 12.8 Å². The Balaban J connectivity index is 2.23. The van der Waals surface area contributed by atoms with Crippen molar-refractivity contribution in [3.63, 3.8) is 0 Å². The van der Waals surface area contributed by atoms with Crippen molar-refractivity contribution in [1.82, 2.24) is 10.3 Å². The highest BCUT2D eigenvalue weighted by Crippen LogP contribution is 2.11. The summed E-state index contributed by atoms with van der Waals surface area (Å²) in [5.74, 6) is 0.855. The molecule has 0 radical (unpaired) electrons. The SMILES string of the molecule is C=CCCCCCOc1ccc(CNC(C)(C)C)nc1. The second kappa shape index (κ2) is 8.75. The van der Waals surface area contributed by atoms with Crippen LogP contribution in [0.4, 0.5) is 0 Å². The molecular weight excluding hydrogens is 248 g/mol. The Hall–Kier alpha value is -1.35. The fourth-order valence-corrected chi connectivity index (χ4v) is 1.71. The van der Waals surface area contributed by atoms with Crippen LogP contribution in [0.5, 0.6) is 5.75 Å². The molecule has 1 N–H and O–H groups in total. The number of ether oxygens (including phenoxy) is 1. The zero-order chi connectivity index (χ0) is 14.8. The van der Waals surface area contributed by atoms with E-state index in [1.807, 2.05) is 24.4 Å². The Labute approximate surface area is 123 Å². The molecule has 0 unspecified atom stereocenters. The maximum atomic E-state index is 5.68. The van der Waals surface area contributed by atoms with Crippen LogP contribution < -0.4 is 10.1 Å². The van der Waals surface area contributed by atoms with Crippen LogP contribution in [0.3, 0.4) is 0 Å². The lowest BCUT2D eigenvalue weighted by Gasteiger charge is -2.20. The number of nitrogens with one attached hydrogen (secondary N) is 1. The minimum absolute atomic E-state index is 0.113. The summed E-state index contributed by atoms with van der Waals surface area (Å²) in [4.78, 5) is 4.41. The summed E-state index contributed by atoms with van der Waals surface area (Å²) in [6, 6.07) is 4.02. The molecule has 20 heavy (non-hydrogen) atoms. The highest BCUT2D eigenvalue weighted by Gasteiger charge is 2.08. The molecule has 3 nitrogen and oxygen atoms in total. The molecule has 0 saturated heterocycles. The molecular formula is C17H28N2O. The number of hydrogen-bond acceptors (Lipinski definition) is 3. The van der Waals surface area contributed by atoms with Gasteiger partial charge in [-0.3, -0.25) is 4.98 Å². The van der Waals surface area contributed by atoms with Gasteiger partial charge in [-0.05, 0) is 58.6 Å². The van der Waals surface area contributed by atoms with Crippen molar-refractivity contribution in [2.24, 2.45) is 0 Å². The van der Waals surface area contributed by atoms with Crippen LogP contribution in [-0.2, 0) is 6.54 Å². The summed E-state index contributed by atoms with van der Waals surface area (Å²) in [6.07, 6.45) is 8.34. The first-order valence-corrected chi connectivity index (χ1v) is 7.45. The van der Waals surface area contributed by atoms with Gasteiger partial charge in [-0.1, -0.05) is 6.08 Å². The Morgan fingerprint density at radius 3 is 2.65 bits per heavy atom. The van der Waals surface area contributed by atoms with Crippen LogP contribution in [-0.4, -0.2) is 17.1 Å². The molecule has 1 aromatic heterocycles. The molecule has 112 valence electrons. The molecule has 0 aliphatic heterocycles. The molecule has 3 heteroatoms. The Morgan fingerprint density at radius 1 is 1.25 bits per heavy atom. The normalized spacial score (nSPS) is 11.3. The van der Waals surface area contributed by atoms with Crippen molar-refractivity contribution in [3.05, 3.63) is 36.7 Å². The first-order valence-electron chi connectivity index (χ1n) is 7.45. The molecule has 0 fully saturated rings. The van der Waals surface area contributed by atoms with E-state index in [-0.39, 0.29) is 5.54 Å². The monoisotopic (exact) mass is 276 g/mol. The number of hydrogen-bond donors (Lipinski definition) is 1. The van der Waals surface area contributed by atoms with Gasteiger partial charge in [0.05, 0.1) is 18.5 Å². The second-order valence-corrected chi connectivity index (χ2v) is 6.08. The number of nitrogens with zero attached hydrogens (tertiary/aromatic N) is 1. The average Bonchev–Trinajstić information content (AvgIpc) is 2.41. The van der Waals surface area contributed by atoms with E-state index in [9.17, 15) is 0 Å². The Morgan fingerprint density at radius 2 is 2.05 bits per heavy atom. The Bertz CT molecular complexity index is 379. The number of allylic oxidation sites excluding steroid dienone is 1. The maximum absolute atomic E-state index is 5.68. The minimum Gasteiger partial charge on any atom is -0.492 e. The van der Waals surface area contributed by atoms with Gasteiger partial charge >= 0.3 is 0 Å². The predicted octanol–water partition coefficient (Wildman–Crippen LogP) is 4.09. The molecule has 0 bridgehead atoms. The predicted molar refractivity (Wildman–Crippen MR) is 85.0 cm³/mol. The summed E-state index contributed by atoms with van der Waals surface area (Å²) in [7, 11) is 0. The molecule has 0 spiro atoms. The lowest BCUT2D eigenvalue weighted by Crippen LogP contribution is -2.35. The van der Waals surface area contributed by atoms with E-state index in [2.05, 4.69) is 37.7 Å². The van der Waals surface area contributed by atoms with Crippen molar-refractivity contribution in [2.75, 3.05) is 6.61 Å². The van der Waals surface area contributed by atoms with Crippen molar-refractivity contribution in [3.8, 4) is 5.75 Å². The van der Waals surface area contributed by atoms with Gasteiger partial charge < -0.3 is 10.1 Å². The number of unbranched alkanes of at least 4 members (excludes halogenated alkanes) is 3. The van der Waals surface area contributed by atoms with E-state index in [0.717, 1.165) is 37.4 Å². The van der Waals surface area contributed by atoms with Crippen LogP contribution >= 0.6 is 0 Å². The number of rotatable bonds is 9. The lowest BCUT2D eigenvalue weighted by molar-refractivity contribution is 0.304. The van der Waals surface area contributed by atoms with E-state index in [0.29, 0.717) is 0 Å². The van der Waals surface area contributed by atoms with Gasteiger partial charge in [0.15, 0.2) is 0 Å². The summed E-state index contributed by atoms with van der Waals surface area (Å²) in [5.41, 5.74) is 1.15. The van der Waals surface area contributed by atoms with Gasteiger partial charge in [-0.15, -0.1) is 6.58 Å². The molecule has 0 atom stereocenters. The van der Waals surface area contributed by atoms with Gasteiger partial charge in [0.2, 0.25) is 0 Å². The highest BCUT2D eigenvalue weighted by molar-refractivity contribution is 5.19. The average molecular weight is 276 g/mol. The van der Waals surface area contributed by atoms with Gasteiger partial charge in [-0.25, -0.2) is 0 Å². The molecule has 1 aromatic rings. The number of aromatic nitrogens is 1. The molecule has 0 aliphatic rings. The van der Waals surface area contributed by atoms with Gasteiger partial charge in [0.25, 0.3) is 0 Å². The summed E-state index contributed by atoms with van der Waals surface area (Å²) in [5, 5.41) is 3.42. The molecule has 0 saturated carbocycles. The highest BCUT2D eigenvalue weighted by atomic mass is 16.5. The summed E-state index contributed by atoms with van der Waals surface area (Å²) < 4.78 is 5.68. The summed E-state index contributed by atoms with van der Waals surface area (Å²) in [6.45, 7) is 11.7. The van der Waals surface area contributed by atoms with Gasteiger partial charge in [0, 0.05) is 12.1 Å². The topological polar surface area (TPSA) is 34.1 Å². The van der Waals surface area contributed by atoms with E-state index >= 15 is 0 Å². The zero-order valence-electron chi connectivity index (χ0n) is 13.1. The van der Waals surface area contributed by atoms with Crippen molar-refractivity contribution in [1.29, 1.82) is 0 Å². The smallest absolute Gasteiger partial charge is 0.137 e. The third-order valence-corrected chi connectivity index (χ3v) is 2.92. The molecule has 0 amide bonds. The van der Waals surface area contributed by atoms with E-state index in [1.54, 1.807) is 0 Å². The minimum atomic E-state index is 0.113. The third kappa shape index (κ3) is 7.95. The largest absolute Gasteiger partial charge is 0.492 e. The standard InChI is InChI=1S/C17H28N2O/c1-5-6-7-8-9-12-20-16-11-10-15(18-14-16)13-19-17(2,3)4/h5,10-11,14,19H,1,6-9,12-13H2,2-4H3. The first-order chi connectivity index (χ1) is 9.51. The van der Waals surface area contributed by atoms with E-state index in [4.69, 9.17) is 4.74 Å². The van der Waals surface area contributed by atoms with Crippen molar-refractivity contribution < 1.29 is 4.74 Å². The fourth-order valence-electron chi connectivity index (χ4n) is 1.71. The third-order valence-electron chi connectivity index (χ3n) is 2.92. The fraction of sp³-hybridized carbons (Fsp3) is 0.588.